The van der Waals surface area contributed by atoms with Gasteiger partial charge in [-0.2, -0.15) is 5.10 Å². The maximum atomic E-state index is 12.5. The highest BCUT2D eigenvalue weighted by molar-refractivity contribution is 7.89. The Balaban J connectivity index is 1.68. The van der Waals surface area contributed by atoms with Crippen molar-refractivity contribution in [3.8, 4) is 0 Å². The van der Waals surface area contributed by atoms with E-state index < -0.39 is 10.0 Å². The van der Waals surface area contributed by atoms with Crippen LogP contribution in [-0.2, 0) is 21.4 Å². The van der Waals surface area contributed by atoms with Crippen LogP contribution in [0, 0.1) is 6.92 Å². The Bertz CT molecular complexity index is 1030. The molecule has 3 rings (SSSR count). The van der Waals surface area contributed by atoms with Gasteiger partial charge in [-0.25, -0.2) is 17.8 Å². The lowest BCUT2D eigenvalue weighted by molar-refractivity contribution is -0.114. The number of carbonyl (C=O) groups is 1. The molecule has 1 aliphatic rings. The molecule has 0 atom stereocenters. The summed E-state index contributed by atoms with van der Waals surface area (Å²) in [5, 5.41) is 6.93. The van der Waals surface area contributed by atoms with Crippen LogP contribution in [0.2, 0.25) is 0 Å². The van der Waals surface area contributed by atoms with Crippen molar-refractivity contribution in [2.75, 3.05) is 11.9 Å². The minimum absolute atomic E-state index is 0.0518. The van der Waals surface area contributed by atoms with E-state index in [2.05, 4.69) is 15.1 Å². The summed E-state index contributed by atoms with van der Waals surface area (Å²) in [6.45, 7) is 3.25. The Hall–Kier alpha value is -2.52. The second kappa shape index (κ2) is 7.61. The predicted octanol–water partition coefficient (Wildman–Crippen LogP) is 1.37. The van der Waals surface area contributed by atoms with Crippen LogP contribution >= 0.6 is 0 Å². The first-order valence-corrected chi connectivity index (χ1v) is 10.2. The Kier molecular flexibility index (Phi) is 5.43. The zero-order chi connectivity index (χ0) is 19.6. The number of anilines is 1. The molecule has 9 heteroatoms. The smallest absolute Gasteiger partial charge is 0.266 e. The molecule has 1 aromatic carbocycles. The van der Waals surface area contributed by atoms with Gasteiger partial charge in [0.15, 0.2) is 0 Å². The molecular weight excluding hydrogens is 368 g/mol. The molecule has 1 fully saturated rings. The fourth-order valence-electron chi connectivity index (χ4n) is 2.82. The van der Waals surface area contributed by atoms with E-state index in [9.17, 15) is 18.0 Å². The third-order valence-corrected chi connectivity index (χ3v) is 5.90. The molecule has 0 unspecified atom stereocenters. The molecule has 0 spiro atoms. The first kappa shape index (κ1) is 19.2. The van der Waals surface area contributed by atoms with E-state index in [1.54, 1.807) is 19.1 Å². The monoisotopic (exact) mass is 390 g/mol. The highest BCUT2D eigenvalue weighted by Crippen LogP contribution is 2.38. The van der Waals surface area contributed by atoms with Gasteiger partial charge in [0.2, 0.25) is 15.9 Å². The first-order valence-electron chi connectivity index (χ1n) is 8.72. The first-order chi connectivity index (χ1) is 12.8. The SMILES string of the molecule is CC(=O)Nc1ccc(S(=O)(=O)NCCn2nc(C3CC3)ccc2=O)c(C)c1. The molecule has 8 nitrogen and oxygen atoms in total. The fraction of sp³-hybridized carbons (Fsp3) is 0.389. The lowest BCUT2D eigenvalue weighted by Crippen LogP contribution is -2.32. The number of rotatable bonds is 7. The number of benzene rings is 1. The number of hydrogen-bond donors (Lipinski definition) is 2. The minimum Gasteiger partial charge on any atom is -0.326 e. The van der Waals surface area contributed by atoms with Crippen molar-refractivity contribution in [1.82, 2.24) is 14.5 Å². The summed E-state index contributed by atoms with van der Waals surface area (Å²) < 4.78 is 28.9. The van der Waals surface area contributed by atoms with Crippen LogP contribution in [0.4, 0.5) is 5.69 Å². The molecule has 1 heterocycles. The number of nitrogens with one attached hydrogen (secondary N) is 2. The molecule has 0 saturated heterocycles. The van der Waals surface area contributed by atoms with Gasteiger partial charge in [0.1, 0.15) is 0 Å². The lowest BCUT2D eigenvalue weighted by Gasteiger charge is -2.12. The van der Waals surface area contributed by atoms with Crippen molar-refractivity contribution < 1.29 is 13.2 Å². The molecule has 2 aromatic rings. The van der Waals surface area contributed by atoms with Crippen LogP contribution in [-0.4, -0.2) is 30.7 Å². The molecule has 0 aliphatic heterocycles. The van der Waals surface area contributed by atoms with Gasteiger partial charge in [0, 0.05) is 31.1 Å². The molecule has 1 saturated carbocycles. The highest BCUT2D eigenvalue weighted by atomic mass is 32.2. The summed E-state index contributed by atoms with van der Waals surface area (Å²) >= 11 is 0. The van der Waals surface area contributed by atoms with E-state index >= 15 is 0 Å². The van der Waals surface area contributed by atoms with Crippen molar-refractivity contribution in [2.45, 2.75) is 44.0 Å². The molecule has 1 amide bonds. The third-order valence-electron chi connectivity index (χ3n) is 4.28. The number of carbonyl (C=O) groups excluding carboxylic acids is 1. The van der Waals surface area contributed by atoms with Gasteiger partial charge in [-0.05, 0) is 49.6 Å². The lowest BCUT2D eigenvalue weighted by atomic mass is 10.2. The number of nitrogens with zero attached hydrogens (tertiary/aromatic N) is 2. The van der Waals surface area contributed by atoms with E-state index in [0.29, 0.717) is 17.2 Å². The maximum Gasteiger partial charge on any atom is 0.266 e. The van der Waals surface area contributed by atoms with Gasteiger partial charge in [-0.3, -0.25) is 9.59 Å². The van der Waals surface area contributed by atoms with Crippen LogP contribution in [0.1, 0.15) is 36.9 Å². The topological polar surface area (TPSA) is 110 Å². The number of amides is 1. The molecule has 2 N–H and O–H groups in total. The quantitative estimate of drug-likeness (QED) is 0.742. The van der Waals surface area contributed by atoms with E-state index in [1.807, 2.05) is 0 Å². The van der Waals surface area contributed by atoms with Crippen molar-refractivity contribution in [3.63, 3.8) is 0 Å². The van der Waals surface area contributed by atoms with E-state index in [1.165, 1.54) is 29.8 Å². The average molecular weight is 390 g/mol. The summed E-state index contributed by atoms with van der Waals surface area (Å²) in [4.78, 5) is 23.1. The van der Waals surface area contributed by atoms with E-state index in [0.717, 1.165) is 18.5 Å². The number of hydrogen-bond acceptors (Lipinski definition) is 5. The normalized spacial score (nSPS) is 14.1. The second-order valence-electron chi connectivity index (χ2n) is 6.65. The Morgan fingerprint density at radius 1 is 1.26 bits per heavy atom. The van der Waals surface area contributed by atoms with Gasteiger partial charge in [-0.15, -0.1) is 0 Å². The Morgan fingerprint density at radius 2 is 2.00 bits per heavy atom. The second-order valence-corrected chi connectivity index (χ2v) is 8.39. The van der Waals surface area contributed by atoms with Crippen LogP contribution in [0.3, 0.4) is 0 Å². The van der Waals surface area contributed by atoms with Crippen LogP contribution < -0.4 is 15.6 Å². The molecule has 1 aromatic heterocycles. The van der Waals surface area contributed by atoms with Gasteiger partial charge in [0.25, 0.3) is 5.56 Å². The van der Waals surface area contributed by atoms with E-state index in [-0.39, 0.29) is 29.5 Å². The summed E-state index contributed by atoms with van der Waals surface area (Å²) in [5.41, 5.74) is 1.67. The average Bonchev–Trinajstić information content (AvgIpc) is 3.40. The minimum atomic E-state index is -3.74. The molecule has 144 valence electrons. The number of sulfonamides is 1. The summed E-state index contributed by atoms with van der Waals surface area (Å²) in [6.07, 6.45) is 2.15. The van der Waals surface area contributed by atoms with Gasteiger partial charge < -0.3 is 5.32 Å². The Morgan fingerprint density at radius 3 is 2.63 bits per heavy atom. The standard InChI is InChI=1S/C18H22N4O4S/c1-12-11-15(20-13(2)23)5-7-17(12)27(25,26)19-9-10-22-18(24)8-6-16(21-22)14-3-4-14/h5-8,11,14,19H,3-4,9-10H2,1-2H3,(H,20,23). The number of aromatic nitrogens is 2. The summed E-state index contributed by atoms with van der Waals surface area (Å²) in [5.74, 6) is 0.188. The van der Waals surface area contributed by atoms with Crippen LogP contribution in [0.5, 0.6) is 0 Å². The zero-order valence-corrected chi connectivity index (χ0v) is 16.0. The van der Waals surface area contributed by atoms with Gasteiger partial charge >= 0.3 is 0 Å². The molecular formula is C18H22N4O4S. The van der Waals surface area contributed by atoms with Crippen LogP contribution in [0.15, 0.2) is 40.0 Å². The molecule has 1 aliphatic carbocycles. The van der Waals surface area contributed by atoms with E-state index in [4.69, 9.17) is 0 Å². The molecule has 27 heavy (non-hydrogen) atoms. The molecule has 0 radical (unpaired) electrons. The van der Waals surface area contributed by atoms with Crippen LogP contribution in [0.25, 0.3) is 0 Å². The van der Waals surface area contributed by atoms with Gasteiger partial charge in [0.05, 0.1) is 17.1 Å². The van der Waals surface area contributed by atoms with Crippen molar-refractivity contribution in [3.05, 3.63) is 51.9 Å². The highest BCUT2D eigenvalue weighted by Gasteiger charge is 2.25. The van der Waals surface area contributed by atoms with Crippen molar-refractivity contribution >= 4 is 21.6 Å². The number of aryl methyl sites for hydroxylation is 1. The Labute approximate surface area is 157 Å². The molecule has 0 bridgehead atoms. The predicted molar refractivity (Wildman–Crippen MR) is 101 cm³/mol. The fourth-order valence-corrected chi connectivity index (χ4v) is 4.06. The van der Waals surface area contributed by atoms with Crippen molar-refractivity contribution in [1.29, 1.82) is 0 Å². The maximum absolute atomic E-state index is 12.5. The van der Waals surface area contributed by atoms with Crippen molar-refractivity contribution in [2.24, 2.45) is 0 Å². The van der Waals surface area contributed by atoms with Gasteiger partial charge in [-0.1, -0.05) is 0 Å². The third kappa shape index (κ3) is 4.81. The largest absolute Gasteiger partial charge is 0.326 e. The summed E-state index contributed by atoms with van der Waals surface area (Å²) in [7, 11) is -3.74. The zero-order valence-electron chi connectivity index (χ0n) is 15.2. The summed E-state index contributed by atoms with van der Waals surface area (Å²) in [6, 6.07) is 7.79.